The SMILES string of the molecule is CN1CCCc2cc(C(C)(C(=O)O)c3ccc4c(c3)CCCN4C)ccc21. The maximum atomic E-state index is 12.5. The molecule has 2 aromatic rings. The number of fused-ring (bicyclic) bond motifs is 2. The molecule has 0 radical (unpaired) electrons. The summed E-state index contributed by atoms with van der Waals surface area (Å²) in [5, 5.41) is 10.2. The minimum atomic E-state index is -1.05. The van der Waals surface area contributed by atoms with Crippen molar-refractivity contribution in [2.45, 2.75) is 38.0 Å². The number of nitrogens with zero attached hydrogens (tertiary/aromatic N) is 2. The maximum absolute atomic E-state index is 12.5. The van der Waals surface area contributed by atoms with Crippen molar-refractivity contribution in [1.82, 2.24) is 0 Å². The minimum Gasteiger partial charge on any atom is -0.480 e. The normalized spacial score (nSPS) is 16.7. The van der Waals surface area contributed by atoms with E-state index in [1.165, 1.54) is 22.5 Å². The molecule has 27 heavy (non-hydrogen) atoms. The number of carboxylic acid groups (broad SMARTS) is 1. The monoisotopic (exact) mass is 364 g/mol. The van der Waals surface area contributed by atoms with Gasteiger partial charge in [0.25, 0.3) is 0 Å². The highest BCUT2D eigenvalue weighted by molar-refractivity contribution is 5.86. The smallest absolute Gasteiger partial charge is 0.318 e. The van der Waals surface area contributed by atoms with Crippen LogP contribution in [0.15, 0.2) is 36.4 Å². The van der Waals surface area contributed by atoms with Crippen molar-refractivity contribution in [3.8, 4) is 0 Å². The first kappa shape index (κ1) is 17.9. The van der Waals surface area contributed by atoms with E-state index in [9.17, 15) is 9.90 Å². The van der Waals surface area contributed by atoms with Crippen molar-refractivity contribution in [3.05, 3.63) is 58.7 Å². The number of carboxylic acids is 1. The Balaban J connectivity index is 1.81. The van der Waals surface area contributed by atoms with Crippen LogP contribution in [0.2, 0.25) is 0 Å². The van der Waals surface area contributed by atoms with Gasteiger partial charge in [0, 0.05) is 38.6 Å². The zero-order valence-corrected chi connectivity index (χ0v) is 16.5. The second-order valence-electron chi connectivity index (χ2n) is 8.17. The van der Waals surface area contributed by atoms with Gasteiger partial charge in [-0.3, -0.25) is 4.79 Å². The van der Waals surface area contributed by atoms with Gasteiger partial charge in [-0.1, -0.05) is 24.3 Å². The van der Waals surface area contributed by atoms with Crippen molar-refractivity contribution in [1.29, 1.82) is 0 Å². The number of aliphatic carboxylic acids is 1. The fourth-order valence-corrected chi connectivity index (χ4v) is 4.61. The highest BCUT2D eigenvalue weighted by Crippen LogP contribution is 2.39. The molecule has 4 heteroatoms. The first-order chi connectivity index (χ1) is 12.9. The number of carbonyl (C=O) groups is 1. The first-order valence-corrected chi connectivity index (χ1v) is 9.84. The number of anilines is 2. The molecule has 0 amide bonds. The van der Waals surface area contributed by atoms with Crippen molar-refractivity contribution in [2.24, 2.45) is 0 Å². The number of hydrogen-bond donors (Lipinski definition) is 1. The van der Waals surface area contributed by atoms with Gasteiger partial charge >= 0.3 is 5.97 Å². The summed E-state index contributed by atoms with van der Waals surface area (Å²) in [5.74, 6) is -0.796. The molecule has 0 bridgehead atoms. The Bertz CT molecular complexity index is 826. The van der Waals surface area contributed by atoms with E-state index in [2.05, 4.69) is 48.2 Å². The van der Waals surface area contributed by atoms with E-state index >= 15 is 0 Å². The van der Waals surface area contributed by atoms with Crippen LogP contribution in [0, 0.1) is 0 Å². The summed E-state index contributed by atoms with van der Waals surface area (Å²) in [6, 6.07) is 12.4. The first-order valence-electron chi connectivity index (χ1n) is 9.84. The zero-order chi connectivity index (χ0) is 19.2. The van der Waals surface area contributed by atoms with Gasteiger partial charge in [0.2, 0.25) is 0 Å². The summed E-state index contributed by atoms with van der Waals surface area (Å²) >= 11 is 0. The Morgan fingerprint density at radius 1 is 0.889 bits per heavy atom. The highest BCUT2D eigenvalue weighted by Gasteiger charge is 2.38. The predicted molar refractivity (Wildman–Crippen MR) is 110 cm³/mol. The van der Waals surface area contributed by atoms with E-state index in [4.69, 9.17) is 0 Å². The van der Waals surface area contributed by atoms with Gasteiger partial charge in [-0.05, 0) is 67.0 Å². The maximum Gasteiger partial charge on any atom is 0.318 e. The van der Waals surface area contributed by atoms with E-state index in [0.717, 1.165) is 49.9 Å². The standard InChI is InChI=1S/C23H28N2O2/c1-23(22(26)27,18-8-10-20-16(14-18)6-4-12-24(20)2)19-9-11-21-17(15-19)7-5-13-25(21)3/h8-11,14-15H,4-7,12-13H2,1-3H3,(H,26,27). The Kier molecular flexibility index (Phi) is 4.37. The minimum absolute atomic E-state index is 0.796. The Labute approximate surface area is 161 Å². The van der Waals surface area contributed by atoms with Gasteiger partial charge in [0.15, 0.2) is 0 Å². The second-order valence-corrected chi connectivity index (χ2v) is 8.17. The Morgan fingerprint density at radius 2 is 1.33 bits per heavy atom. The average Bonchev–Trinajstić information content (AvgIpc) is 2.67. The molecule has 0 atom stereocenters. The van der Waals surface area contributed by atoms with Crippen LogP contribution in [0.4, 0.5) is 11.4 Å². The molecular formula is C23H28N2O2. The van der Waals surface area contributed by atoms with Crippen LogP contribution >= 0.6 is 0 Å². The molecule has 2 aliphatic rings. The molecule has 4 rings (SSSR count). The molecule has 0 aliphatic carbocycles. The predicted octanol–water partition coefficient (Wildman–Crippen LogP) is 3.84. The molecule has 142 valence electrons. The van der Waals surface area contributed by atoms with Crippen LogP contribution in [0.25, 0.3) is 0 Å². The van der Waals surface area contributed by atoms with Crippen molar-refractivity contribution in [2.75, 3.05) is 37.0 Å². The summed E-state index contributed by atoms with van der Waals surface area (Å²) < 4.78 is 0. The third-order valence-electron chi connectivity index (χ3n) is 6.44. The summed E-state index contributed by atoms with van der Waals surface area (Å²) in [5.41, 5.74) is 5.66. The molecule has 1 N–H and O–H groups in total. The van der Waals surface area contributed by atoms with E-state index < -0.39 is 11.4 Å². The lowest BCUT2D eigenvalue weighted by molar-refractivity contribution is -0.141. The third-order valence-corrected chi connectivity index (χ3v) is 6.44. The topological polar surface area (TPSA) is 43.8 Å². The second kappa shape index (κ2) is 6.59. The van der Waals surface area contributed by atoms with Crippen LogP contribution in [0.5, 0.6) is 0 Å². The molecule has 0 saturated carbocycles. The summed E-state index contributed by atoms with van der Waals surface area (Å²) in [7, 11) is 4.21. The molecule has 0 spiro atoms. The van der Waals surface area contributed by atoms with E-state index in [1.54, 1.807) is 0 Å². The van der Waals surface area contributed by atoms with Gasteiger partial charge in [0.05, 0.1) is 0 Å². The van der Waals surface area contributed by atoms with Gasteiger partial charge in [0.1, 0.15) is 5.41 Å². The Morgan fingerprint density at radius 3 is 1.74 bits per heavy atom. The lowest BCUT2D eigenvalue weighted by Crippen LogP contribution is -2.35. The van der Waals surface area contributed by atoms with Crippen molar-refractivity contribution in [3.63, 3.8) is 0 Å². The summed E-state index contributed by atoms with van der Waals surface area (Å²) in [6.07, 6.45) is 4.25. The zero-order valence-electron chi connectivity index (χ0n) is 16.5. The van der Waals surface area contributed by atoms with Gasteiger partial charge in [-0.25, -0.2) is 0 Å². The molecule has 2 aromatic carbocycles. The van der Waals surface area contributed by atoms with E-state index in [-0.39, 0.29) is 0 Å². The molecule has 0 unspecified atom stereocenters. The summed E-state index contributed by atoms with van der Waals surface area (Å²) in [4.78, 5) is 17.0. The van der Waals surface area contributed by atoms with Crippen LogP contribution in [-0.2, 0) is 23.1 Å². The fourth-order valence-electron chi connectivity index (χ4n) is 4.61. The molecule has 0 aromatic heterocycles. The molecule has 2 heterocycles. The fraction of sp³-hybridized carbons (Fsp3) is 0.435. The van der Waals surface area contributed by atoms with E-state index in [0.29, 0.717) is 0 Å². The van der Waals surface area contributed by atoms with Crippen LogP contribution in [-0.4, -0.2) is 38.3 Å². The lowest BCUT2D eigenvalue weighted by atomic mass is 9.74. The van der Waals surface area contributed by atoms with E-state index in [1.807, 2.05) is 19.1 Å². The summed E-state index contributed by atoms with van der Waals surface area (Å²) in [6.45, 7) is 3.96. The lowest BCUT2D eigenvalue weighted by Gasteiger charge is -2.33. The van der Waals surface area contributed by atoms with Crippen LogP contribution in [0.1, 0.15) is 42.0 Å². The number of rotatable bonds is 3. The molecule has 2 aliphatic heterocycles. The van der Waals surface area contributed by atoms with Gasteiger partial charge in [-0.2, -0.15) is 0 Å². The molecular weight excluding hydrogens is 336 g/mol. The molecule has 0 fully saturated rings. The quantitative estimate of drug-likeness (QED) is 0.899. The van der Waals surface area contributed by atoms with Gasteiger partial charge in [-0.15, -0.1) is 0 Å². The van der Waals surface area contributed by atoms with Gasteiger partial charge < -0.3 is 14.9 Å². The highest BCUT2D eigenvalue weighted by atomic mass is 16.4. The molecule has 4 nitrogen and oxygen atoms in total. The number of hydrogen-bond acceptors (Lipinski definition) is 3. The van der Waals surface area contributed by atoms with Crippen molar-refractivity contribution >= 4 is 17.3 Å². The van der Waals surface area contributed by atoms with Crippen LogP contribution < -0.4 is 9.80 Å². The number of benzene rings is 2. The van der Waals surface area contributed by atoms with Crippen LogP contribution in [0.3, 0.4) is 0 Å². The average molecular weight is 364 g/mol. The number of aryl methyl sites for hydroxylation is 2. The largest absolute Gasteiger partial charge is 0.480 e. The third kappa shape index (κ3) is 2.88. The molecule has 0 saturated heterocycles. The van der Waals surface area contributed by atoms with Crippen molar-refractivity contribution < 1.29 is 9.90 Å². The Hall–Kier alpha value is -2.49.